The number of methoxy groups -OCH3 is 1. The van der Waals surface area contributed by atoms with Crippen LogP contribution in [0.3, 0.4) is 0 Å². The predicted octanol–water partition coefficient (Wildman–Crippen LogP) is 0.359. The van der Waals surface area contributed by atoms with E-state index in [9.17, 15) is 4.79 Å². The van der Waals surface area contributed by atoms with E-state index in [4.69, 9.17) is 10.6 Å². The molecule has 0 aromatic carbocycles. The number of rotatable bonds is 7. The molecule has 0 rings (SSSR count). The van der Waals surface area contributed by atoms with Crippen LogP contribution in [-0.4, -0.2) is 43.7 Å². The lowest BCUT2D eigenvalue weighted by Gasteiger charge is -2.34. The average Bonchev–Trinajstić information content (AvgIpc) is 2.24. The number of nitrogens with two attached hydrogens (primary N) is 1. The molecular weight excluding hydrogens is 206 g/mol. The fourth-order valence-electron chi connectivity index (χ4n) is 1.70. The normalized spacial score (nSPS) is 13.9. The van der Waals surface area contributed by atoms with Crippen molar-refractivity contribution in [2.45, 2.75) is 33.7 Å². The van der Waals surface area contributed by atoms with Gasteiger partial charge in [-0.25, -0.2) is 5.84 Å². The molecule has 1 unspecified atom stereocenters. The summed E-state index contributed by atoms with van der Waals surface area (Å²) in [5.74, 6) is 5.02. The number of hydrazine groups is 1. The van der Waals surface area contributed by atoms with Crippen LogP contribution in [-0.2, 0) is 9.53 Å². The van der Waals surface area contributed by atoms with Gasteiger partial charge in [0.1, 0.15) is 0 Å². The first-order chi connectivity index (χ1) is 7.38. The van der Waals surface area contributed by atoms with E-state index < -0.39 is 5.41 Å². The van der Waals surface area contributed by atoms with Crippen molar-refractivity contribution in [2.75, 3.05) is 26.8 Å². The summed E-state index contributed by atoms with van der Waals surface area (Å²) in [6.45, 7) is 10.1. The Balaban J connectivity index is 4.46. The van der Waals surface area contributed by atoms with Gasteiger partial charge in [-0.15, -0.1) is 0 Å². The SMILES string of the molecule is CCN(CC(C)(C)C(=O)NN)C(C)COC. The summed E-state index contributed by atoms with van der Waals surface area (Å²) < 4.78 is 5.12. The van der Waals surface area contributed by atoms with Gasteiger partial charge in [-0.2, -0.15) is 0 Å². The van der Waals surface area contributed by atoms with Gasteiger partial charge in [0.05, 0.1) is 12.0 Å². The smallest absolute Gasteiger partial charge is 0.240 e. The van der Waals surface area contributed by atoms with E-state index in [1.807, 2.05) is 13.8 Å². The third-order valence-electron chi connectivity index (χ3n) is 2.78. The second-order valence-electron chi connectivity index (χ2n) is 4.72. The monoisotopic (exact) mass is 231 g/mol. The van der Waals surface area contributed by atoms with Crippen molar-refractivity contribution in [2.24, 2.45) is 11.3 Å². The van der Waals surface area contributed by atoms with E-state index in [2.05, 4.69) is 24.2 Å². The molecule has 0 spiro atoms. The van der Waals surface area contributed by atoms with Crippen molar-refractivity contribution < 1.29 is 9.53 Å². The molecule has 0 aliphatic heterocycles. The molecule has 5 heteroatoms. The van der Waals surface area contributed by atoms with Crippen LogP contribution in [0.25, 0.3) is 0 Å². The number of carbonyl (C=O) groups excluding carboxylic acids is 1. The van der Waals surface area contributed by atoms with Gasteiger partial charge in [0.25, 0.3) is 0 Å². The van der Waals surface area contributed by atoms with Crippen molar-refractivity contribution in [3.05, 3.63) is 0 Å². The Hall–Kier alpha value is -0.650. The van der Waals surface area contributed by atoms with E-state index in [-0.39, 0.29) is 5.91 Å². The van der Waals surface area contributed by atoms with Gasteiger partial charge in [0.2, 0.25) is 5.91 Å². The van der Waals surface area contributed by atoms with E-state index >= 15 is 0 Å². The lowest BCUT2D eigenvalue weighted by Crippen LogP contribution is -2.49. The Morgan fingerprint density at radius 2 is 2.12 bits per heavy atom. The molecule has 1 amide bonds. The molecule has 0 fully saturated rings. The number of nitrogens with zero attached hydrogens (tertiary/aromatic N) is 1. The molecule has 0 bridgehead atoms. The first-order valence-corrected chi connectivity index (χ1v) is 5.63. The molecule has 1 atom stereocenters. The van der Waals surface area contributed by atoms with Gasteiger partial charge >= 0.3 is 0 Å². The third-order valence-corrected chi connectivity index (χ3v) is 2.78. The molecule has 16 heavy (non-hydrogen) atoms. The van der Waals surface area contributed by atoms with Gasteiger partial charge in [0.15, 0.2) is 0 Å². The lowest BCUT2D eigenvalue weighted by atomic mass is 9.91. The van der Waals surface area contributed by atoms with Gasteiger partial charge in [0, 0.05) is 19.7 Å². The summed E-state index contributed by atoms with van der Waals surface area (Å²) in [6, 6.07) is 0.292. The van der Waals surface area contributed by atoms with Gasteiger partial charge in [-0.3, -0.25) is 15.1 Å². The predicted molar refractivity (Wildman–Crippen MR) is 64.7 cm³/mol. The maximum absolute atomic E-state index is 11.6. The molecule has 0 saturated heterocycles. The van der Waals surface area contributed by atoms with Crippen LogP contribution in [0.15, 0.2) is 0 Å². The van der Waals surface area contributed by atoms with Crippen molar-refractivity contribution in [3.63, 3.8) is 0 Å². The maximum atomic E-state index is 11.6. The van der Waals surface area contributed by atoms with Gasteiger partial charge in [-0.05, 0) is 27.3 Å². The highest BCUT2D eigenvalue weighted by molar-refractivity contribution is 5.81. The molecule has 0 aromatic heterocycles. The maximum Gasteiger partial charge on any atom is 0.240 e. The number of hydrogen-bond acceptors (Lipinski definition) is 4. The van der Waals surface area contributed by atoms with Crippen LogP contribution in [0.1, 0.15) is 27.7 Å². The summed E-state index contributed by atoms with van der Waals surface area (Å²) >= 11 is 0. The third kappa shape index (κ3) is 4.47. The molecule has 96 valence electrons. The zero-order chi connectivity index (χ0) is 12.8. The average molecular weight is 231 g/mol. The largest absolute Gasteiger partial charge is 0.383 e. The highest BCUT2D eigenvalue weighted by atomic mass is 16.5. The first-order valence-electron chi connectivity index (χ1n) is 5.63. The fourth-order valence-corrected chi connectivity index (χ4v) is 1.70. The van der Waals surface area contributed by atoms with Crippen molar-refractivity contribution >= 4 is 5.91 Å². The molecule has 0 heterocycles. The van der Waals surface area contributed by atoms with Crippen LogP contribution in [0, 0.1) is 5.41 Å². The van der Waals surface area contributed by atoms with Crippen molar-refractivity contribution in [1.29, 1.82) is 0 Å². The Labute approximate surface area is 98.3 Å². The summed E-state index contributed by atoms with van der Waals surface area (Å²) in [5, 5.41) is 0. The topological polar surface area (TPSA) is 67.6 Å². The number of carbonyl (C=O) groups is 1. The Kier molecular flexibility index (Phi) is 6.55. The quantitative estimate of drug-likeness (QED) is 0.377. The Morgan fingerprint density at radius 1 is 1.56 bits per heavy atom. The number of hydrogen-bond donors (Lipinski definition) is 2. The van der Waals surface area contributed by atoms with Crippen LogP contribution < -0.4 is 11.3 Å². The molecular formula is C11H25N3O2. The minimum Gasteiger partial charge on any atom is -0.383 e. The van der Waals surface area contributed by atoms with Crippen LogP contribution in [0.5, 0.6) is 0 Å². The highest BCUT2D eigenvalue weighted by Crippen LogP contribution is 2.18. The Bertz CT molecular complexity index is 219. The molecule has 0 aromatic rings. The number of amides is 1. The zero-order valence-electron chi connectivity index (χ0n) is 11.0. The number of likely N-dealkylation sites (N-methyl/N-ethyl adjacent to an activating group) is 1. The van der Waals surface area contributed by atoms with Crippen LogP contribution in [0.2, 0.25) is 0 Å². The molecule has 5 nitrogen and oxygen atoms in total. The highest BCUT2D eigenvalue weighted by Gasteiger charge is 2.30. The molecule has 0 aliphatic carbocycles. The van der Waals surface area contributed by atoms with E-state index in [1.54, 1.807) is 7.11 Å². The van der Waals surface area contributed by atoms with E-state index in [0.717, 1.165) is 6.54 Å². The summed E-state index contributed by atoms with van der Waals surface area (Å²) in [7, 11) is 1.68. The Morgan fingerprint density at radius 3 is 2.50 bits per heavy atom. The molecule has 0 saturated carbocycles. The minimum absolute atomic E-state index is 0.143. The summed E-state index contributed by atoms with van der Waals surface area (Å²) in [6.07, 6.45) is 0. The van der Waals surface area contributed by atoms with Crippen LogP contribution >= 0.6 is 0 Å². The van der Waals surface area contributed by atoms with E-state index in [1.165, 1.54) is 0 Å². The summed E-state index contributed by atoms with van der Waals surface area (Å²) in [4.78, 5) is 13.8. The molecule has 3 N–H and O–H groups in total. The van der Waals surface area contributed by atoms with E-state index in [0.29, 0.717) is 19.2 Å². The second kappa shape index (κ2) is 6.83. The molecule has 0 radical (unpaired) electrons. The fraction of sp³-hybridized carbons (Fsp3) is 0.909. The van der Waals surface area contributed by atoms with Crippen molar-refractivity contribution in [3.8, 4) is 0 Å². The first kappa shape index (κ1) is 15.3. The van der Waals surface area contributed by atoms with Gasteiger partial charge < -0.3 is 4.74 Å². The van der Waals surface area contributed by atoms with Crippen LogP contribution in [0.4, 0.5) is 0 Å². The van der Waals surface area contributed by atoms with Crippen molar-refractivity contribution in [1.82, 2.24) is 10.3 Å². The molecule has 0 aliphatic rings. The summed E-state index contributed by atoms with van der Waals surface area (Å²) in [5.41, 5.74) is 1.72. The number of nitrogens with one attached hydrogen (secondary N) is 1. The number of ether oxygens (including phenoxy) is 1. The standard InChI is InChI=1S/C11H25N3O2/c1-6-14(9(2)7-16-5)8-11(3,4)10(15)13-12/h9H,6-8,12H2,1-5H3,(H,13,15). The second-order valence-corrected chi connectivity index (χ2v) is 4.72. The minimum atomic E-state index is -0.493. The van der Waals surface area contributed by atoms with Gasteiger partial charge in [-0.1, -0.05) is 6.92 Å². The lowest BCUT2D eigenvalue weighted by molar-refractivity contribution is -0.130. The zero-order valence-corrected chi connectivity index (χ0v) is 11.0.